The van der Waals surface area contributed by atoms with Crippen LogP contribution >= 0.6 is 0 Å². The van der Waals surface area contributed by atoms with Crippen LogP contribution in [0.4, 0.5) is 12.9 Å². The number of nitrogens with zero attached hydrogens (tertiary/aromatic N) is 2. The van der Waals surface area contributed by atoms with Crippen LogP contribution in [0.2, 0.25) is 0 Å². The maximum Gasteiger partial charge on any atom is 1.00 e. The first kappa shape index (κ1) is 14.1. The quantitative estimate of drug-likeness (QED) is 0.534. The fourth-order valence-electron chi connectivity index (χ4n) is 0.989. The third-order valence-corrected chi connectivity index (χ3v) is 1.56. The monoisotopic (exact) mass is 224 g/mol. The fraction of sp³-hybridized carbons (Fsp3) is 0.143. The molecule has 0 saturated heterocycles. The molecule has 0 saturated carbocycles. The molecule has 0 radical (unpaired) electrons. The molecule has 1 rings (SSSR count). The Balaban J connectivity index is 0.00000169. The minimum Gasteiger partial charge on any atom is -0.444 e. The molecule has 68 valence electrons. The zero-order valence-electron chi connectivity index (χ0n) is 7.76. The van der Waals surface area contributed by atoms with Crippen molar-refractivity contribution >= 4 is 12.6 Å². The molecule has 0 N–H and O–H groups in total. The van der Waals surface area contributed by atoms with Gasteiger partial charge in [0.2, 0.25) is 0 Å². The second kappa shape index (κ2) is 5.28. The van der Waals surface area contributed by atoms with Crippen molar-refractivity contribution < 1.29 is 64.3 Å². The maximum absolute atomic E-state index is 12.2. The molecule has 0 aliphatic carbocycles. The average Bonchev–Trinajstić information content (AvgIpc) is 2.01. The zero-order valence-corrected chi connectivity index (χ0v) is 10.9. The second-order valence-corrected chi connectivity index (χ2v) is 2.61. The van der Waals surface area contributed by atoms with E-state index < -0.39 is 12.6 Å². The molecule has 0 aromatic carbocycles. The molecule has 1 aromatic rings. The number of pyridine rings is 1. The molecule has 0 amide bonds. The third kappa shape index (κ3) is 3.37. The number of hydrogen-bond donors (Lipinski definition) is 0. The molecule has 1 heterocycles. The molecule has 0 aliphatic heterocycles. The molecule has 14 heavy (non-hydrogen) atoms. The normalized spacial score (nSPS) is 10.2. The smallest absolute Gasteiger partial charge is 0.444 e. The van der Waals surface area contributed by atoms with Crippen molar-refractivity contribution in [1.82, 2.24) is 4.98 Å². The van der Waals surface area contributed by atoms with Gasteiger partial charge in [-0.05, 0) is 18.6 Å². The van der Waals surface area contributed by atoms with E-state index >= 15 is 0 Å². The van der Waals surface area contributed by atoms with Crippen molar-refractivity contribution in [3.05, 3.63) is 23.4 Å². The predicted octanol–water partition coefficient (Wildman–Crippen LogP) is -1.68. The molecule has 1 aromatic heterocycles. The van der Waals surface area contributed by atoms with Crippen LogP contribution in [0.25, 0.3) is 0 Å². The topological polar surface area (TPSA) is 36.7 Å². The van der Waals surface area contributed by atoms with Gasteiger partial charge in [0.05, 0.1) is 5.56 Å². The van der Waals surface area contributed by atoms with E-state index in [1.807, 2.05) is 0 Å². The minimum atomic E-state index is -5.07. The number of rotatable bonds is 1. The molecule has 0 spiro atoms. The number of halogens is 3. The molecule has 0 aliphatic rings. The van der Waals surface area contributed by atoms with Crippen LogP contribution in [0.5, 0.6) is 0 Å². The summed E-state index contributed by atoms with van der Waals surface area (Å²) in [5.74, 6) is 0. The van der Waals surface area contributed by atoms with Gasteiger partial charge in [0.1, 0.15) is 6.07 Å². The van der Waals surface area contributed by atoms with Crippen LogP contribution < -0.4 is 57.0 Å². The van der Waals surface area contributed by atoms with E-state index in [-0.39, 0.29) is 62.5 Å². The van der Waals surface area contributed by atoms with Crippen LogP contribution in [0.3, 0.4) is 0 Å². The number of aryl methyl sites for hydroxylation is 1. The van der Waals surface area contributed by atoms with Gasteiger partial charge in [-0.2, -0.15) is 5.26 Å². The van der Waals surface area contributed by atoms with E-state index in [1.165, 1.54) is 13.0 Å². The largest absolute Gasteiger partial charge is 1.00 e. The summed E-state index contributed by atoms with van der Waals surface area (Å²) < 4.78 is 36.6. The van der Waals surface area contributed by atoms with Crippen molar-refractivity contribution in [1.29, 1.82) is 5.26 Å². The Bertz CT molecular complexity index is 372. The van der Waals surface area contributed by atoms with E-state index in [0.717, 1.165) is 6.20 Å². The summed E-state index contributed by atoms with van der Waals surface area (Å²) in [5.41, 5.74) is -0.744. The first-order valence-corrected chi connectivity index (χ1v) is 3.51. The molecule has 0 atom stereocenters. The summed E-state index contributed by atoms with van der Waals surface area (Å²) in [4.78, 5) is 3.20. The summed E-state index contributed by atoms with van der Waals surface area (Å²) in [6, 6.07) is 2.90. The van der Waals surface area contributed by atoms with E-state index in [4.69, 9.17) is 5.26 Å². The van der Waals surface area contributed by atoms with Crippen LogP contribution in [0, 0.1) is 18.3 Å². The molecule has 2 nitrogen and oxygen atoms in total. The third-order valence-electron chi connectivity index (χ3n) is 1.56. The van der Waals surface area contributed by atoms with Crippen molar-refractivity contribution in [2.24, 2.45) is 0 Å². The van der Waals surface area contributed by atoms with Gasteiger partial charge in [-0.15, -0.1) is 0 Å². The zero-order chi connectivity index (χ0) is 10.1. The first-order chi connectivity index (χ1) is 5.95. The van der Waals surface area contributed by atoms with Crippen molar-refractivity contribution in [3.63, 3.8) is 0 Å². The van der Waals surface area contributed by atoms with E-state index in [9.17, 15) is 12.9 Å². The molecular weight excluding hydrogens is 219 g/mol. The van der Waals surface area contributed by atoms with Gasteiger partial charge < -0.3 is 12.9 Å². The number of hydrogen-bond acceptors (Lipinski definition) is 2. The van der Waals surface area contributed by atoms with E-state index in [1.54, 1.807) is 6.07 Å². The first-order valence-electron chi connectivity index (χ1n) is 3.51. The fourth-order valence-corrected chi connectivity index (χ4v) is 0.989. The van der Waals surface area contributed by atoms with Gasteiger partial charge in [0, 0.05) is 6.20 Å². The Hall–Kier alpha value is 0.131. The molecule has 0 fully saturated rings. The number of nitriles is 1. The summed E-state index contributed by atoms with van der Waals surface area (Å²) >= 11 is 0. The summed E-state index contributed by atoms with van der Waals surface area (Å²) in [6.45, 7) is -3.78. The van der Waals surface area contributed by atoms with Gasteiger partial charge in [0.15, 0.2) is 0 Å². The Morgan fingerprint density at radius 3 is 2.36 bits per heavy atom. The minimum absolute atomic E-state index is 0. The van der Waals surface area contributed by atoms with E-state index in [2.05, 4.69) is 4.98 Å². The average molecular weight is 224 g/mol. The van der Waals surface area contributed by atoms with Gasteiger partial charge in [-0.25, -0.2) is 0 Å². The second-order valence-electron chi connectivity index (χ2n) is 2.61. The van der Waals surface area contributed by atoms with Crippen LogP contribution in [0.15, 0.2) is 12.3 Å². The SMILES string of the molecule is Cc1cc(C#N)cnc1[B-](F)(F)F.[K+]. The van der Waals surface area contributed by atoms with Crippen LogP contribution in [-0.2, 0) is 0 Å². The standard InChI is InChI=1S/C7H5BF3N2.K/c1-5-2-6(3-12)4-13-7(5)8(9,10)11;/h2,4H,1H3;/q-1;+1. The van der Waals surface area contributed by atoms with Crippen molar-refractivity contribution in [3.8, 4) is 6.07 Å². The van der Waals surface area contributed by atoms with Crippen LogP contribution in [-0.4, -0.2) is 12.0 Å². The predicted molar refractivity (Wildman–Crippen MR) is 42.4 cm³/mol. The van der Waals surface area contributed by atoms with Crippen LogP contribution in [0.1, 0.15) is 11.1 Å². The Labute approximate surface area is 122 Å². The van der Waals surface area contributed by atoms with Crippen molar-refractivity contribution in [2.45, 2.75) is 6.92 Å². The van der Waals surface area contributed by atoms with Crippen molar-refractivity contribution in [2.75, 3.05) is 0 Å². The number of aromatic nitrogens is 1. The molecular formula is C7H5BF3KN2. The maximum atomic E-state index is 12.2. The molecule has 0 bridgehead atoms. The molecule has 0 unspecified atom stereocenters. The Morgan fingerprint density at radius 1 is 1.43 bits per heavy atom. The van der Waals surface area contributed by atoms with Gasteiger partial charge in [0.25, 0.3) is 0 Å². The molecule has 7 heteroatoms. The van der Waals surface area contributed by atoms with Gasteiger partial charge in [-0.1, -0.05) is 5.56 Å². The van der Waals surface area contributed by atoms with Gasteiger partial charge in [-0.3, -0.25) is 4.98 Å². The summed E-state index contributed by atoms with van der Waals surface area (Å²) in [7, 11) is 0. The Kier molecular flexibility index (Phi) is 5.33. The summed E-state index contributed by atoms with van der Waals surface area (Å²) in [5, 5.41) is 8.39. The van der Waals surface area contributed by atoms with Gasteiger partial charge >= 0.3 is 58.4 Å². The Morgan fingerprint density at radius 2 is 2.00 bits per heavy atom. The van der Waals surface area contributed by atoms with E-state index in [0.29, 0.717) is 0 Å². The summed E-state index contributed by atoms with van der Waals surface area (Å²) in [6.07, 6.45) is 0.928.